The highest BCUT2D eigenvalue weighted by atomic mass is 16.2. The summed E-state index contributed by atoms with van der Waals surface area (Å²) in [6, 6.07) is 9.84. The molecule has 1 aromatic heterocycles. The van der Waals surface area contributed by atoms with Gasteiger partial charge in [-0.05, 0) is 37.3 Å². The lowest BCUT2D eigenvalue weighted by Gasteiger charge is -2.34. The molecule has 1 aliphatic heterocycles. The topological polar surface area (TPSA) is 65.2 Å². The van der Waals surface area contributed by atoms with Gasteiger partial charge in [-0.2, -0.15) is 0 Å². The molecule has 2 aromatic rings. The van der Waals surface area contributed by atoms with Gasteiger partial charge in [0.05, 0.1) is 0 Å². The number of amides is 2. The number of nitrogens with zero attached hydrogens (tertiary/aromatic N) is 1. The number of nitrogens with one attached hydrogen (secondary N) is 2. The van der Waals surface area contributed by atoms with Crippen LogP contribution < -0.4 is 5.32 Å². The Morgan fingerprint density at radius 2 is 2.00 bits per heavy atom. The lowest BCUT2D eigenvalue weighted by Crippen LogP contribution is -2.42. The average Bonchev–Trinajstić information content (AvgIpc) is 3.09. The highest BCUT2D eigenvalue weighted by Gasteiger charge is 2.30. The zero-order valence-corrected chi connectivity index (χ0v) is 15.0. The summed E-state index contributed by atoms with van der Waals surface area (Å²) >= 11 is 0. The molecule has 1 unspecified atom stereocenters. The highest BCUT2D eigenvalue weighted by molar-refractivity contribution is 5.98. The van der Waals surface area contributed by atoms with Crippen molar-refractivity contribution in [3.8, 4) is 0 Å². The molecule has 5 nitrogen and oxygen atoms in total. The van der Waals surface area contributed by atoms with E-state index in [0.717, 1.165) is 36.7 Å². The van der Waals surface area contributed by atoms with E-state index >= 15 is 0 Å². The Hall–Kier alpha value is -2.30. The lowest BCUT2D eigenvalue weighted by molar-refractivity contribution is -0.126. The van der Waals surface area contributed by atoms with Gasteiger partial charge in [-0.25, -0.2) is 0 Å². The fourth-order valence-corrected chi connectivity index (χ4v) is 3.58. The lowest BCUT2D eigenvalue weighted by atomic mass is 9.84. The van der Waals surface area contributed by atoms with Crippen LogP contribution in [-0.4, -0.2) is 41.3 Å². The van der Waals surface area contributed by atoms with E-state index in [2.05, 4.69) is 17.2 Å². The summed E-state index contributed by atoms with van der Waals surface area (Å²) in [5.41, 5.74) is 1.63. The number of piperidine rings is 1. The Morgan fingerprint density at radius 1 is 1.28 bits per heavy atom. The number of aromatic amines is 1. The number of carbonyl (C=O) groups is 2. The second-order valence-electron chi connectivity index (χ2n) is 6.98. The van der Waals surface area contributed by atoms with Gasteiger partial charge < -0.3 is 15.2 Å². The van der Waals surface area contributed by atoms with Gasteiger partial charge in [0.25, 0.3) is 5.91 Å². The fraction of sp³-hybridized carbons (Fsp3) is 0.500. The minimum Gasteiger partial charge on any atom is -0.356 e. The van der Waals surface area contributed by atoms with Crippen molar-refractivity contribution in [2.24, 2.45) is 11.8 Å². The van der Waals surface area contributed by atoms with Gasteiger partial charge in [-0.1, -0.05) is 32.0 Å². The number of rotatable bonds is 5. The minimum absolute atomic E-state index is 0.0110. The van der Waals surface area contributed by atoms with Crippen molar-refractivity contribution < 1.29 is 9.59 Å². The highest BCUT2D eigenvalue weighted by Crippen LogP contribution is 2.26. The number of carbonyl (C=O) groups excluding carboxylic acids is 2. The molecule has 1 saturated heterocycles. The number of fused-ring (bicyclic) bond motifs is 1. The first-order valence-electron chi connectivity index (χ1n) is 9.25. The summed E-state index contributed by atoms with van der Waals surface area (Å²) in [5.74, 6) is 0.556. The van der Waals surface area contributed by atoms with E-state index in [1.165, 1.54) is 0 Å². The summed E-state index contributed by atoms with van der Waals surface area (Å²) in [4.78, 5) is 30.0. The third-order valence-electron chi connectivity index (χ3n) is 5.26. The fourth-order valence-electron chi connectivity index (χ4n) is 3.58. The SMILES string of the molecule is CCCNC(=O)C(C)C1CCN(C(=O)c2cc3ccccc3[nH]2)CC1. The molecule has 2 heterocycles. The Labute approximate surface area is 148 Å². The van der Waals surface area contributed by atoms with E-state index in [0.29, 0.717) is 24.7 Å². The third-order valence-corrected chi connectivity index (χ3v) is 5.26. The maximum Gasteiger partial charge on any atom is 0.270 e. The van der Waals surface area contributed by atoms with Crippen LogP contribution in [0.1, 0.15) is 43.6 Å². The second kappa shape index (κ2) is 7.72. The molecule has 1 fully saturated rings. The van der Waals surface area contributed by atoms with Crippen molar-refractivity contribution in [2.75, 3.05) is 19.6 Å². The van der Waals surface area contributed by atoms with Crippen molar-refractivity contribution in [2.45, 2.75) is 33.1 Å². The maximum atomic E-state index is 12.7. The van der Waals surface area contributed by atoms with Gasteiger partial charge in [0.1, 0.15) is 5.69 Å². The molecule has 5 heteroatoms. The first kappa shape index (κ1) is 17.5. The maximum absolute atomic E-state index is 12.7. The smallest absolute Gasteiger partial charge is 0.270 e. The Balaban J connectivity index is 1.58. The standard InChI is InChI=1S/C20H27N3O2/c1-3-10-21-19(24)14(2)15-8-11-23(12-9-15)20(25)18-13-16-6-4-5-7-17(16)22-18/h4-7,13-15,22H,3,8-12H2,1-2H3,(H,21,24). The second-order valence-corrected chi connectivity index (χ2v) is 6.98. The number of benzene rings is 1. The first-order chi connectivity index (χ1) is 12.1. The van der Waals surface area contributed by atoms with Crippen molar-refractivity contribution in [1.29, 1.82) is 0 Å². The van der Waals surface area contributed by atoms with Gasteiger partial charge in [-0.15, -0.1) is 0 Å². The predicted molar refractivity (Wildman–Crippen MR) is 99.4 cm³/mol. The molecule has 2 N–H and O–H groups in total. The van der Waals surface area contributed by atoms with Crippen LogP contribution in [0.5, 0.6) is 0 Å². The third kappa shape index (κ3) is 3.86. The van der Waals surface area contributed by atoms with E-state index in [1.807, 2.05) is 42.2 Å². The van der Waals surface area contributed by atoms with Crippen LogP contribution in [0, 0.1) is 11.8 Å². The van der Waals surface area contributed by atoms with Crippen LogP contribution >= 0.6 is 0 Å². The molecule has 134 valence electrons. The van der Waals surface area contributed by atoms with E-state index in [-0.39, 0.29) is 17.7 Å². The van der Waals surface area contributed by atoms with Gasteiger partial charge in [-0.3, -0.25) is 9.59 Å². The molecule has 0 radical (unpaired) electrons. The van der Waals surface area contributed by atoms with Crippen molar-refractivity contribution in [3.63, 3.8) is 0 Å². The molecule has 0 aliphatic carbocycles. The molecule has 0 saturated carbocycles. The molecular formula is C20H27N3O2. The van der Waals surface area contributed by atoms with E-state index in [4.69, 9.17) is 0 Å². The van der Waals surface area contributed by atoms with Gasteiger partial charge >= 0.3 is 0 Å². The quantitative estimate of drug-likeness (QED) is 0.877. The molecule has 2 amide bonds. The average molecular weight is 341 g/mol. The molecule has 3 rings (SSSR count). The summed E-state index contributed by atoms with van der Waals surface area (Å²) in [6.07, 6.45) is 2.72. The summed E-state index contributed by atoms with van der Waals surface area (Å²) < 4.78 is 0. The van der Waals surface area contributed by atoms with E-state index in [9.17, 15) is 9.59 Å². The van der Waals surface area contributed by atoms with Crippen LogP contribution in [0.3, 0.4) is 0 Å². The molecule has 0 bridgehead atoms. The summed E-state index contributed by atoms with van der Waals surface area (Å²) in [6.45, 7) is 6.22. The summed E-state index contributed by atoms with van der Waals surface area (Å²) in [5, 5.41) is 4.04. The number of aromatic nitrogens is 1. The normalized spacial score (nSPS) is 16.8. The first-order valence-corrected chi connectivity index (χ1v) is 9.25. The summed E-state index contributed by atoms with van der Waals surface area (Å²) in [7, 11) is 0. The number of likely N-dealkylation sites (tertiary alicyclic amines) is 1. The number of hydrogen-bond donors (Lipinski definition) is 2. The van der Waals surface area contributed by atoms with Crippen molar-refractivity contribution in [1.82, 2.24) is 15.2 Å². The molecule has 25 heavy (non-hydrogen) atoms. The van der Waals surface area contributed by atoms with Crippen LogP contribution in [0.2, 0.25) is 0 Å². The molecule has 0 spiro atoms. The Kier molecular flexibility index (Phi) is 5.41. The zero-order valence-electron chi connectivity index (χ0n) is 15.0. The Morgan fingerprint density at radius 3 is 2.68 bits per heavy atom. The van der Waals surface area contributed by atoms with Gasteiger partial charge in [0.15, 0.2) is 0 Å². The largest absolute Gasteiger partial charge is 0.356 e. The minimum atomic E-state index is 0.0110. The number of hydrogen-bond acceptors (Lipinski definition) is 2. The number of para-hydroxylation sites is 1. The van der Waals surface area contributed by atoms with Crippen LogP contribution in [0.4, 0.5) is 0 Å². The van der Waals surface area contributed by atoms with Crippen LogP contribution in [-0.2, 0) is 4.79 Å². The zero-order chi connectivity index (χ0) is 17.8. The number of H-pyrrole nitrogens is 1. The predicted octanol–water partition coefficient (Wildman–Crippen LogP) is 3.18. The van der Waals surface area contributed by atoms with Crippen LogP contribution in [0.25, 0.3) is 10.9 Å². The monoisotopic (exact) mass is 341 g/mol. The Bertz CT molecular complexity index is 711. The van der Waals surface area contributed by atoms with Crippen LogP contribution in [0.15, 0.2) is 30.3 Å². The van der Waals surface area contributed by atoms with Crippen molar-refractivity contribution >= 4 is 22.7 Å². The van der Waals surface area contributed by atoms with E-state index in [1.54, 1.807) is 0 Å². The molecular weight excluding hydrogens is 314 g/mol. The molecule has 1 atom stereocenters. The van der Waals surface area contributed by atoms with Gasteiger partial charge in [0, 0.05) is 36.5 Å². The van der Waals surface area contributed by atoms with Gasteiger partial charge in [0.2, 0.25) is 5.91 Å². The van der Waals surface area contributed by atoms with E-state index < -0.39 is 0 Å². The molecule has 1 aliphatic rings. The molecule has 1 aromatic carbocycles. The van der Waals surface area contributed by atoms with Crippen molar-refractivity contribution in [3.05, 3.63) is 36.0 Å².